The van der Waals surface area contributed by atoms with Gasteiger partial charge in [-0.05, 0) is 24.5 Å². The van der Waals surface area contributed by atoms with Crippen LogP contribution >= 0.6 is 0 Å². The largest absolute Gasteiger partial charge is 0.480 e. The molecule has 28 heavy (non-hydrogen) atoms. The third-order valence-electron chi connectivity index (χ3n) is 4.98. The average Bonchev–Trinajstić information content (AvgIpc) is 3.01. The molecule has 7 nitrogen and oxygen atoms in total. The summed E-state index contributed by atoms with van der Waals surface area (Å²) in [6, 6.07) is 15.0. The summed E-state index contributed by atoms with van der Waals surface area (Å²) in [6.45, 7) is 0.641. The summed E-state index contributed by atoms with van der Waals surface area (Å²) in [4.78, 5) is 24.7. The van der Waals surface area contributed by atoms with Crippen LogP contribution in [-0.2, 0) is 17.8 Å². The van der Waals surface area contributed by atoms with Crippen LogP contribution in [0, 0.1) is 0 Å². The van der Waals surface area contributed by atoms with E-state index < -0.39 is 18.6 Å². The van der Waals surface area contributed by atoms with E-state index in [2.05, 4.69) is 0 Å². The van der Waals surface area contributed by atoms with E-state index in [1.165, 1.54) is 0 Å². The minimum absolute atomic E-state index is 0.431. The summed E-state index contributed by atoms with van der Waals surface area (Å²) in [5.41, 5.74) is 8.55. The van der Waals surface area contributed by atoms with Gasteiger partial charge in [0, 0.05) is 24.0 Å². The molecule has 0 saturated heterocycles. The third-order valence-corrected chi connectivity index (χ3v) is 4.98. The lowest BCUT2D eigenvalue weighted by Crippen LogP contribution is -2.40. The van der Waals surface area contributed by atoms with Gasteiger partial charge in [0.25, 0.3) is 0 Å². The maximum absolute atomic E-state index is 12.1. The maximum Gasteiger partial charge on any atom is 0.341 e. The number of hydrogen-bond acceptors (Lipinski definition) is 3. The van der Waals surface area contributed by atoms with Gasteiger partial charge >= 0.3 is 12.0 Å². The van der Waals surface area contributed by atoms with Crippen molar-refractivity contribution in [3.8, 4) is 5.75 Å². The molecule has 0 bridgehead atoms. The lowest BCUT2D eigenvalue weighted by atomic mass is 10.0. The fraction of sp³-hybridized carbons (Fsp3) is 0.238. The van der Waals surface area contributed by atoms with Crippen molar-refractivity contribution < 1.29 is 19.4 Å². The summed E-state index contributed by atoms with van der Waals surface area (Å²) >= 11 is 0. The van der Waals surface area contributed by atoms with Crippen molar-refractivity contribution in [2.24, 2.45) is 5.73 Å². The van der Waals surface area contributed by atoms with Crippen LogP contribution < -0.4 is 15.4 Å². The molecule has 0 saturated carbocycles. The second-order valence-electron chi connectivity index (χ2n) is 6.80. The van der Waals surface area contributed by atoms with Crippen LogP contribution in [0.3, 0.4) is 0 Å². The number of carbonyl (C=O) groups excluding carboxylic acids is 1. The molecule has 1 aliphatic rings. The van der Waals surface area contributed by atoms with Gasteiger partial charge in [0.05, 0.1) is 5.52 Å². The van der Waals surface area contributed by atoms with Gasteiger partial charge in [-0.2, -0.15) is 0 Å². The summed E-state index contributed by atoms with van der Waals surface area (Å²) in [5.74, 6) is 0.209. The minimum atomic E-state index is -1.04. The third kappa shape index (κ3) is 3.15. The van der Waals surface area contributed by atoms with E-state index in [0.29, 0.717) is 18.8 Å². The molecule has 2 aromatic carbocycles. The number of para-hydroxylation sites is 1. The molecule has 2 amide bonds. The van der Waals surface area contributed by atoms with Gasteiger partial charge in [-0.15, -0.1) is 0 Å². The van der Waals surface area contributed by atoms with Crippen LogP contribution in [0.15, 0.2) is 48.5 Å². The number of carboxylic acids is 1. The molecule has 1 aliphatic heterocycles. The number of aryl methyl sites for hydroxylation is 1. The Morgan fingerprint density at radius 1 is 1.11 bits per heavy atom. The molecule has 0 fully saturated rings. The second kappa shape index (κ2) is 7.26. The fourth-order valence-electron chi connectivity index (χ4n) is 3.90. The van der Waals surface area contributed by atoms with Crippen molar-refractivity contribution in [2.45, 2.75) is 19.4 Å². The number of urea groups is 1. The van der Waals surface area contributed by atoms with Crippen LogP contribution in [0.1, 0.15) is 17.5 Å². The molecule has 0 atom stereocenters. The highest BCUT2D eigenvalue weighted by atomic mass is 16.5. The van der Waals surface area contributed by atoms with E-state index in [1.807, 2.05) is 47.0 Å². The number of ether oxygens (including phenoxy) is 1. The number of benzene rings is 2. The predicted molar refractivity (Wildman–Crippen MR) is 106 cm³/mol. The zero-order valence-electron chi connectivity index (χ0n) is 15.3. The highest BCUT2D eigenvalue weighted by Crippen LogP contribution is 2.41. The number of anilines is 1. The van der Waals surface area contributed by atoms with Crippen LogP contribution in [0.5, 0.6) is 5.75 Å². The Balaban J connectivity index is 1.94. The molecule has 0 spiro atoms. The minimum Gasteiger partial charge on any atom is -0.480 e. The molecular weight excluding hydrogens is 358 g/mol. The normalized spacial score (nSPS) is 13.4. The number of nitrogens with zero attached hydrogens (tertiary/aromatic N) is 2. The molecule has 3 N–H and O–H groups in total. The molecule has 1 aromatic heterocycles. The quantitative estimate of drug-likeness (QED) is 0.712. The van der Waals surface area contributed by atoms with Crippen LogP contribution in [-0.4, -0.2) is 34.8 Å². The summed E-state index contributed by atoms with van der Waals surface area (Å²) < 4.78 is 7.59. The number of rotatable bonds is 5. The first kappa shape index (κ1) is 17.9. The van der Waals surface area contributed by atoms with Gasteiger partial charge in [-0.3, -0.25) is 4.90 Å². The number of aromatic nitrogens is 1. The lowest BCUT2D eigenvalue weighted by Gasteiger charge is -2.28. The first-order valence-electron chi connectivity index (χ1n) is 9.16. The molecule has 4 rings (SSSR count). The number of carbonyl (C=O) groups is 2. The van der Waals surface area contributed by atoms with E-state index in [0.717, 1.165) is 40.7 Å². The molecule has 0 radical (unpaired) electrons. The topological polar surface area (TPSA) is 97.8 Å². The maximum atomic E-state index is 12.1. The average molecular weight is 379 g/mol. The fourth-order valence-corrected chi connectivity index (χ4v) is 3.90. The highest BCUT2D eigenvalue weighted by molar-refractivity contribution is 6.00. The zero-order chi connectivity index (χ0) is 19.7. The predicted octanol–water partition coefficient (Wildman–Crippen LogP) is 2.98. The molecular formula is C21H21N3O4. The van der Waals surface area contributed by atoms with E-state index in [1.54, 1.807) is 11.0 Å². The molecule has 2 heterocycles. The zero-order valence-corrected chi connectivity index (χ0v) is 15.3. The van der Waals surface area contributed by atoms with Crippen LogP contribution in [0.4, 0.5) is 10.6 Å². The smallest absolute Gasteiger partial charge is 0.341 e. The second-order valence-corrected chi connectivity index (χ2v) is 6.80. The number of nitrogens with two attached hydrogens (primary N) is 1. The first-order chi connectivity index (χ1) is 13.6. The lowest BCUT2D eigenvalue weighted by molar-refractivity contribution is -0.139. The van der Waals surface area contributed by atoms with Gasteiger partial charge in [-0.25, -0.2) is 9.59 Å². The van der Waals surface area contributed by atoms with Crippen molar-refractivity contribution in [3.63, 3.8) is 0 Å². The van der Waals surface area contributed by atoms with E-state index in [4.69, 9.17) is 15.6 Å². The number of fused-ring (bicyclic) bond motifs is 3. The Hall–Kier alpha value is -3.48. The molecule has 3 aromatic rings. The molecule has 0 unspecified atom stereocenters. The number of aliphatic carboxylic acids is 1. The Morgan fingerprint density at radius 3 is 2.61 bits per heavy atom. The van der Waals surface area contributed by atoms with Crippen molar-refractivity contribution in [3.05, 3.63) is 59.7 Å². The molecule has 7 heteroatoms. The Morgan fingerprint density at radius 2 is 1.89 bits per heavy atom. The van der Waals surface area contributed by atoms with Crippen LogP contribution in [0.25, 0.3) is 10.9 Å². The Kier molecular flexibility index (Phi) is 4.65. The number of carboxylic acid groups (broad SMARTS) is 1. The molecule has 0 aliphatic carbocycles. The first-order valence-corrected chi connectivity index (χ1v) is 9.16. The van der Waals surface area contributed by atoms with Crippen molar-refractivity contribution >= 4 is 28.7 Å². The summed E-state index contributed by atoms with van der Waals surface area (Å²) in [7, 11) is 0. The summed E-state index contributed by atoms with van der Waals surface area (Å²) in [5, 5.41) is 9.99. The SMILES string of the molecule is NC(=O)N1CCCc2c1n(Cc1ccccc1)c1c(OCC(=O)O)cccc21. The number of hydrogen-bond donors (Lipinski definition) is 2. The van der Waals surface area contributed by atoms with Gasteiger partial charge in [0.2, 0.25) is 0 Å². The molecule has 144 valence electrons. The van der Waals surface area contributed by atoms with E-state index in [-0.39, 0.29) is 0 Å². The number of primary amides is 1. The van der Waals surface area contributed by atoms with Gasteiger partial charge < -0.3 is 20.1 Å². The van der Waals surface area contributed by atoms with Crippen LogP contribution in [0.2, 0.25) is 0 Å². The standard InChI is InChI=1S/C21H21N3O4/c22-21(27)23-11-5-9-16-15-8-4-10-17(28-13-18(25)26)19(15)24(20(16)23)12-14-6-2-1-3-7-14/h1-4,6-8,10H,5,9,11-13H2,(H2,22,27)(H,25,26). The van der Waals surface area contributed by atoms with Gasteiger partial charge in [0.1, 0.15) is 11.6 Å². The van der Waals surface area contributed by atoms with Crippen molar-refractivity contribution in [1.29, 1.82) is 0 Å². The van der Waals surface area contributed by atoms with E-state index in [9.17, 15) is 9.59 Å². The Bertz CT molecular complexity index is 1040. The highest BCUT2D eigenvalue weighted by Gasteiger charge is 2.29. The van der Waals surface area contributed by atoms with Crippen molar-refractivity contribution in [1.82, 2.24) is 4.57 Å². The Labute approximate surface area is 161 Å². The van der Waals surface area contributed by atoms with Crippen molar-refractivity contribution in [2.75, 3.05) is 18.1 Å². The van der Waals surface area contributed by atoms with Gasteiger partial charge in [0.15, 0.2) is 6.61 Å². The van der Waals surface area contributed by atoms with E-state index >= 15 is 0 Å². The monoisotopic (exact) mass is 379 g/mol. The number of amides is 2. The van der Waals surface area contributed by atoms with Gasteiger partial charge in [-0.1, -0.05) is 42.5 Å². The summed E-state index contributed by atoms with van der Waals surface area (Å²) in [6.07, 6.45) is 1.64.